The summed E-state index contributed by atoms with van der Waals surface area (Å²) in [5.74, 6) is 0.446. The maximum Gasteiger partial charge on any atom is 0.224 e. The predicted molar refractivity (Wildman–Crippen MR) is 107 cm³/mol. The minimum atomic E-state index is -0.434. The molecule has 148 valence electrons. The van der Waals surface area contributed by atoms with E-state index >= 15 is 0 Å². The summed E-state index contributed by atoms with van der Waals surface area (Å²) in [4.78, 5) is 26.0. The van der Waals surface area contributed by atoms with Crippen molar-refractivity contribution in [3.05, 3.63) is 29.8 Å². The lowest BCUT2D eigenvalue weighted by Crippen LogP contribution is -2.41. The van der Waals surface area contributed by atoms with Gasteiger partial charge in [0.2, 0.25) is 11.8 Å². The predicted octanol–water partition coefficient (Wildman–Crippen LogP) is 2.52. The number of benzene rings is 1. The Morgan fingerprint density at radius 2 is 1.92 bits per heavy atom. The Kier molecular flexibility index (Phi) is 10.3. The summed E-state index contributed by atoms with van der Waals surface area (Å²) in [7, 11) is 1.76. The van der Waals surface area contributed by atoms with E-state index in [2.05, 4.69) is 5.32 Å². The summed E-state index contributed by atoms with van der Waals surface area (Å²) in [6.07, 6.45) is 0.167. The van der Waals surface area contributed by atoms with Crippen LogP contribution in [0, 0.1) is 5.41 Å². The molecule has 0 aromatic heterocycles. The monoisotopic (exact) mass is 385 g/mol. The molecule has 1 unspecified atom stereocenters. The van der Waals surface area contributed by atoms with Crippen LogP contribution in [0.2, 0.25) is 0 Å². The number of ether oxygens (including phenoxy) is 1. The van der Waals surface area contributed by atoms with Gasteiger partial charge in [0, 0.05) is 26.1 Å². The van der Waals surface area contributed by atoms with E-state index < -0.39 is 6.04 Å². The van der Waals surface area contributed by atoms with Crippen molar-refractivity contribution >= 4 is 24.2 Å². The van der Waals surface area contributed by atoms with Crippen molar-refractivity contribution in [2.75, 3.05) is 26.7 Å². The first-order chi connectivity index (χ1) is 11.7. The molecule has 0 bridgehead atoms. The van der Waals surface area contributed by atoms with Gasteiger partial charge in [0.15, 0.2) is 0 Å². The lowest BCUT2D eigenvalue weighted by molar-refractivity contribution is -0.132. The minimum absolute atomic E-state index is 0. The van der Waals surface area contributed by atoms with Crippen molar-refractivity contribution in [1.29, 1.82) is 0 Å². The first kappa shape index (κ1) is 24.2. The third-order valence-corrected chi connectivity index (χ3v) is 3.99. The van der Waals surface area contributed by atoms with Gasteiger partial charge in [0.1, 0.15) is 5.75 Å². The standard InChI is InChI=1S/C19H31N3O3.ClH/c1-6-25-17-10-8-7-9-15(17)16(21-14(2)23)11-18(24)22(5)13-19(3,4)12-20;/h7-10,16H,6,11-13,20H2,1-5H3,(H,21,23);1H. The Morgan fingerprint density at radius 1 is 1.31 bits per heavy atom. The average molecular weight is 386 g/mol. The van der Waals surface area contributed by atoms with Crippen LogP contribution in [0.1, 0.15) is 45.7 Å². The van der Waals surface area contributed by atoms with Crippen molar-refractivity contribution < 1.29 is 14.3 Å². The zero-order valence-electron chi connectivity index (χ0n) is 16.4. The number of halogens is 1. The van der Waals surface area contributed by atoms with Gasteiger partial charge in [-0.3, -0.25) is 9.59 Å². The van der Waals surface area contributed by atoms with Crippen LogP contribution >= 0.6 is 12.4 Å². The van der Waals surface area contributed by atoms with Gasteiger partial charge in [-0.1, -0.05) is 32.0 Å². The van der Waals surface area contributed by atoms with E-state index in [1.165, 1.54) is 6.92 Å². The second-order valence-corrected chi connectivity index (χ2v) is 7.05. The van der Waals surface area contributed by atoms with Crippen molar-refractivity contribution in [3.63, 3.8) is 0 Å². The highest BCUT2D eigenvalue weighted by molar-refractivity contribution is 5.85. The normalized spacial score (nSPS) is 11.9. The van der Waals surface area contributed by atoms with Gasteiger partial charge < -0.3 is 20.7 Å². The summed E-state index contributed by atoms with van der Waals surface area (Å²) in [5.41, 5.74) is 6.40. The van der Waals surface area contributed by atoms with Crippen molar-refractivity contribution in [1.82, 2.24) is 10.2 Å². The number of rotatable bonds is 9. The van der Waals surface area contributed by atoms with E-state index in [1.807, 2.05) is 45.0 Å². The SMILES string of the molecule is CCOc1ccccc1C(CC(=O)N(C)CC(C)(C)CN)NC(C)=O.Cl. The molecule has 2 amide bonds. The molecule has 0 saturated carbocycles. The summed E-state index contributed by atoms with van der Waals surface area (Å²) >= 11 is 0. The van der Waals surface area contributed by atoms with E-state index in [1.54, 1.807) is 11.9 Å². The number of carbonyl (C=O) groups is 2. The van der Waals surface area contributed by atoms with Crippen LogP contribution in [0.15, 0.2) is 24.3 Å². The Morgan fingerprint density at radius 3 is 2.46 bits per heavy atom. The van der Waals surface area contributed by atoms with Crippen LogP contribution in [-0.4, -0.2) is 43.5 Å². The molecule has 1 rings (SSSR count). The summed E-state index contributed by atoms with van der Waals surface area (Å²) in [6.45, 7) is 8.95. The molecule has 1 atom stereocenters. The molecule has 0 radical (unpaired) electrons. The molecular weight excluding hydrogens is 354 g/mol. The van der Waals surface area contributed by atoms with Crippen LogP contribution < -0.4 is 15.8 Å². The fourth-order valence-corrected chi connectivity index (χ4v) is 2.66. The van der Waals surface area contributed by atoms with Gasteiger partial charge in [-0.25, -0.2) is 0 Å². The number of nitrogens with zero attached hydrogens (tertiary/aromatic N) is 1. The molecular formula is C19H32ClN3O3. The molecule has 0 fully saturated rings. The van der Waals surface area contributed by atoms with Crippen LogP contribution in [0.4, 0.5) is 0 Å². The number of nitrogens with two attached hydrogens (primary N) is 1. The smallest absolute Gasteiger partial charge is 0.224 e. The molecule has 6 nitrogen and oxygen atoms in total. The van der Waals surface area contributed by atoms with Crippen LogP contribution in [0.3, 0.4) is 0 Å². The molecule has 0 aliphatic heterocycles. The highest BCUT2D eigenvalue weighted by Crippen LogP contribution is 2.28. The topological polar surface area (TPSA) is 84.7 Å². The number of hydrogen-bond acceptors (Lipinski definition) is 4. The summed E-state index contributed by atoms with van der Waals surface area (Å²) in [6, 6.07) is 7.04. The Balaban J connectivity index is 0.00000625. The third-order valence-electron chi connectivity index (χ3n) is 3.99. The van der Waals surface area contributed by atoms with Gasteiger partial charge in [0.25, 0.3) is 0 Å². The van der Waals surface area contributed by atoms with Gasteiger partial charge in [-0.05, 0) is 24.9 Å². The lowest BCUT2D eigenvalue weighted by atomic mass is 9.93. The van der Waals surface area contributed by atoms with E-state index in [-0.39, 0.29) is 36.1 Å². The zero-order chi connectivity index (χ0) is 19.0. The largest absolute Gasteiger partial charge is 0.494 e. The molecule has 3 N–H and O–H groups in total. The van der Waals surface area contributed by atoms with Gasteiger partial charge in [0.05, 0.1) is 19.1 Å². The Labute approximate surface area is 162 Å². The number of amides is 2. The van der Waals surface area contributed by atoms with Crippen molar-refractivity contribution in [2.45, 2.75) is 40.2 Å². The summed E-state index contributed by atoms with van der Waals surface area (Å²) < 4.78 is 5.65. The zero-order valence-corrected chi connectivity index (χ0v) is 17.2. The quantitative estimate of drug-likeness (QED) is 0.684. The first-order valence-corrected chi connectivity index (χ1v) is 8.63. The van der Waals surface area contributed by atoms with Crippen LogP contribution in [0.5, 0.6) is 5.75 Å². The highest BCUT2D eigenvalue weighted by Gasteiger charge is 2.25. The van der Waals surface area contributed by atoms with Crippen molar-refractivity contribution in [2.24, 2.45) is 11.1 Å². The fourth-order valence-electron chi connectivity index (χ4n) is 2.66. The van der Waals surface area contributed by atoms with Gasteiger partial charge in [-0.2, -0.15) is 0 Å². The first-order valence-electron chi connectivity index (χ1n) is 8.63. The van der Waals surface area contributed by atoms with E-state index in [0.717, 1.165) is 5.56 Å². The lowest BCUT2D eigenvalue weighted by Gasteiger charge is -2.30. The molecule has 1 aromatic rings. The van der Waals surface area contributed by atoms with E-state index in [0.29, 0.717) is 25.4 Å². The Hall–Kier alpha value is -1.79. The third kappa shape index (κ3) is 7.62. The van der Waals surface area contributed by atoms with E-state index in [9.17, 15) is 9.59 Å². The molecule has 0 heterocycles. The molecule has 0 spiro atoms. The molecule has 0 saturated heterocycles. The highest BCUT2D eigenvalue weighted by atomic mass is 35.5. The molecule has 0 aliphatic carbocycles. The van der Waals surface area contributed by atoms with Crippen LogP contribution in [-0.2, 0) is 9.59 Å². The number of carbonyl (C=O) groups excluding carboxylic acids is 2. The molecule has 0 aliphatic rings. The fraction of sp³-hybridized carbons (Fsp3) is 0.579. The number of hydrogen-bond donors (Lipinski definition) is 2. The minimum Gasteiger partial charge on any atom is -0.494 e. The number of nitrogens with one attached hydrogen (secondary N) is 1. The maximum absolute atomic E-state index is 12.7. The van der Waals surface area contributed by atoms with Gasteiger partial charge >= 0.3 is 0 Å². The van der Waals surface area contributed by atoms with E-state index in [4.69, 9.17) is 10.5 Å². The van der Waals surface area contributed by atoms with Crippen LogP contribution in [0.25, 0.3) is 0 Å². The molecule has 26 heavy (non-hydrogen) atoms. The Bertz CT molecular complexity index is 593. The van der Waals surface area contributed by atoms with Gasteiger partial charge in [-0.15, -0.1) is 12.4 Å². The summed E-state index contributed by atoms with van der Waals surface area (Å²) in [5, 5.41) is 2.87. The average Bonchev–Trinajstić information content (AvgIpc) is 2.54. The molecule has 7 heteroatoms. The second kappa shape index (κ2) is 11.0. The van der Waals surface area contributed by atoms with Crippen molar-refractivity contribution in [3.8, 4) is 5.75 Å². The molecule has 1 aromatic carbocycles. The second-order valence-electron chi connectivity index (χ2n) is 7.05. The number of para-hydroxylation sites is 1. The maximum atomic E-state index is 12.7.